The average Bonchev–Trinajstić information content (AvgIpc) is 2.54. The van der Waals surface area contributed by atoms with E-state index in [9.17, 15) is 4.79 Å². The van der Waals surface area contributed by atoms with Gasteiger partial charge in [0.25, 0.3) is 0 Å². The second-order valence-corrected chi connectivity index (χ2v) is 5.50. The molecule has 22 heavy (non-hydrogen) atoms. The summed E-state index contributed by atoms with van der Waals surface area (Å²) >= 11 is 0. The first-order valence-corrected chi connectivity index (χ1v) is 7.62. The van der Waals surface area contributed by atoms with Gasteiger partial charge in [-0.05, 0) is 31.0 Å². The highest BCUT2D eigenvalue weighted by Gasteiger charge is 2.04. The molecule has 0 unspecified atom stereocenters. The number of hydrogen-bond acceptors (Lipinski definition) is 3. The first-order valence-electron chi connectivity index (χ1n) is 7.62. The zero-order valence-corrected chi connectivity index (χ0v) is 13.3. The predicted octanol–water partition coefficient (Wildman–Crippen LogP) is 4.07. The predicted molar refractivity (Wildman–Crippen MR) is 90.4 cm³/mol. The summed E-state index contributed by atoms with van der Waals surface area (Å²) in [7, 11) is 2.04. The van der Waals surface area contributed by atoms with Gasteiger partial charge in [0.05, 0.1) is 0 Å². The molecule has 3 nitrogen and oxygen atoms in total. The van der Waals surface area contributed by atoms with Gasteiger partial charge < -0.3 is 14.4 Å². The van der Waals surface area contributed by atoms with Crippen molar-refractivity contribution in [1.29, 1.82) is 0 Å². The van der Waals surface area contributed by atoms with Crippen LogP contribution in [0.4, 0.5) is 5.69 Å². The van der Waals surface area contributed by atoms with Crippen molar-refractivity contribution in [2.75, 3.05) is 18.5 Å². The molecule has 2 aromatic carbocycles. The van der Waals surface area contributed by atoms with Gasteiger partial charge in [-0.3, -0.25) is 0 Å². The lowest BCUT2D eigenvalue weighted by atomic mass is 10.2. The van der Waals surface area contributed by atoms with Crippen LogP contribution >= 0.6 is 0 Å². The highest BCUT2D eigenvalue weighted by Crippen LogP contribution is 2.21. The Morgan fingerprint density at radius 2 is 1.86 bits per heavy atom. The summed E-state index contributed by atoms with van der Waals surface area (Å²) in [5.74, 6) is 1.10. The molecule has 0 saturated carbocycles. The number of benzene rings is 2. The van der Waals surface area contributed by atoms with Crippen LogP contribution in [0.2, 0.25) is 0 Å². The Kier molecular flexibility index (Phi) is 6.01. The number of carbonyl (C=O) groups excluding carboxylic acids is 1. The van der Waals surface area contributed by atoms with Gasteiger partial charge >= 0.3 is 0 Å². The lowest BCUT2D eigenvalue weighted by Gasteiger charge is -2.19. The van der Waals surface area contributed by atoms with Crippen molar-refractivity contribution in [2.45, 2.75) is 26.4 Å². The normalized spacial score (nSPS) is 10.3. The van der Waals surface area contributed by atoms with Crippen LogP contribution in [0.1, 0.15) is 25.3 Å². The quantitative estimate of drug-likeness (QED) is 0.735. The van der Waals surface area contributed by atoms with Gasteiger partial charge in [0.1, 0.15) is 18.1 Å². The van der Waals surface area contributed by atoms with E-state index in [1.807, 2.05) is 43.4 Å². The molecule has 0 aliphatic heterocycles. The zero-order valence-electron chi connectivity index (χ0n) is 13.3. The van der Waals surface area contributed by atoms with Crippen LogP contribution in [0.3, 0.4) is 0 Å². The molecule has 0 radical (unpaired) electrons. The molecular formula is C19H23NO2. The summed E-state index contributed by atoms with van der Waals surface area (Å²) in [6.07, 6.45) is 1.51. The molecule has 0 aliphatic carbocycles. The third-order valence-corrected chi connectivity index (χ3v) is 3.53. The van der Waals surface area contributed by atoms with Gasteiger partial charge in [0.15, 0.2) is 0 Å². The van der Waals surface area contributed by atoms with Crippen LogP contribution in [-0.2, 0) is 11.4 Å². The van der Waals surface area contributed by atoms with E-state index in [0.29, 0.717) is 13.0 Å². The van der Waals surface area contributed by atoms with Gasteiger partial charge in [-0.25, -0.2) is 0 Å². The largest absolute Gasteiger partial charge is 0.489 e. The van der Waals surface area contributed by atoms with E-state index in [-0.39, 0.29) is 5.78 Å². The summed E-state index contributed by atoms with van der Waals surface area (Å²) in [4.78, 5) is 13.1. The molecule has 0 atom stereocenters. The highest BCUT2D eigenvalue weighted by atomic mass is 16.5. The summed E-state index contributed by atoms with van der Waals surface area (Å²) < 4.78 is 5.84. The molecule has 0 fully saturated rings. The van der Waals surface area contributed by atoms with Crippen molar-refractivity contribution in [3.05, 3.63) is 60.2 Å². The van der Waals surface area contributed by atoms with Crippen molar-refractivity contribution in [2.24, 2.45) is 0 Å². The Balaban J connectivity index is 1.90. The van der Waals surface area contributed by atoms with Gasteiger partial charge in [0, 0.05) is 31.8 Å². The number of hydrogen-bond donors (Lipinski definition) is 0. The molecule has 0 N–H and O–H groups in total. The fraction of sp³-hybridized carbons (Fsp3) is 0.316. The van der Waals surface area contributed by atoms with Crippen molar-refractivity contribution < 1.29 is 9.53 Å². The fourth-order valence-electron chi connectivity index (χ4n) is 2.25. The number of rotatable bonds is 8. The maximum atomic E-state index is 11.0. The van der Waals surface area contributed by atoms with Crippen LogP contribution < -0.4 is 9.64 Å². The molecule has 0 amide bonds. The second kappa shape index (κ2) is 8.23. The molecule has 0 aliphatic rings. The molecule has 0 bridgehead atoms. The number of ether oxygens (including phenoxy) is 1. The van der Waals surface area contributed by atoms with Gasteiger partial charge in [-0.1, -0.05) is 36.4 Å². The monoisotopic (exact) mass is 297 g/mol. The Hall–Kier alpha value is -2.29. The first kappa shape index (κ1) is 16.1. The van der Waals surface area contributed by atoms with E-state index in [1.54, 1.807) is 6.92 Å². The molecule has 116 valence electrons. The Morgan fingerprint density at radius 1 is 1.09 bits per heavy atom. The van der Waals surface area contributed by atoms with Gasteiger partial charge in [-0.2, -0.15) is 0 Å². The molecule has 0 spiro atoms. The molecule has 2 aromatic rings. The topological polar surface area (TPSA) is 29.5 Å². The average molecular weight is 297 g/mol. The van der Waals surface area contributed by atoms with Gasteiger partial charge in [-0.15, -0.1) is 0 Å². The van der Waals surface area contributed by atoms with E-state index in [2.05, 4.69) is 23.1 Å². The summed E-state index contributed by atoms with van der Waals surface area (Å²) in [6, 6.07) is 18.2. The summed E-state index contributed by atoms with van der Waals surface area (Å²) in [5, 5.41) is 0. The summed E-state index contributed by atoms with van der Waals surface area (Å²) in [5.41, 5.74) is 2.26. The smallest absolute Gasteiger partial charge is 0.129 e. The fourth-order valence-corrected chi connectivity index (χ4v) is 2.25. The lowest BCUT2D eigenvalue weighted by molar-refractivity contribution is -0.117. The Morgan fingerprint density at radius 3 is 2.59 bits per heavy atom. The highest BCUT2D eigenvalue weighted by molar-refractivity contribution is 5.75. The number of ketones is 1. The van der Waals surface area contributed by atoms with E-state index in [4.69, 9.17) is 4.74 Å². The summed E-state index contributed by atoms with van der Waals surface area (Å²) in [6.45, 7) is 3.07. The van der Waals surface area contributed by atoms with Crippen molar-refractivity contribution >= 4 is 11.5 Å². The number of nitrogens with zero attached hydrogens (tertiary/aromatic N) is 1. The third-order valence-electron chi connectivity index (χ3n) is 3.53. The molecule has 2 rings (SSSR count). The second-order valence-electron chi connectivity index (χ2n) is 5.50. The SMILES string of the molecule is CC(=O)CCCN(C)c1cccc(OCc2ccccc2)c1. The van der Waals surface area contributed by atoms with Crippen LogP contribution in [0.25, 0.3) is 0 Å². The van der Waals surface area contributed by atoms with Crippen LogP contribution in [0, 0.1) is 0 Å². The van der Waals surface area contributed by atoms with Crippen molar-refractivity contribution in [3.8, 4) is 5.75 Å². The molecule has 3 heteroatoms. The minimum atomic E-state index is 0.244. The molecule has 0 heterocycles. The van der Waals surface area contributed by atoms with E-state index < -0.39 is 0 Å². The number of carbonyl (C=O) groups is 1. The maximum Gasteiger partial charge on any atom is 0.129 e. The van der Waals surface area contributed by atoms with Crippen LogP contribution in [-0.4, -0.2) is 19.4 Å². The first-order chi connectivity index (χ1) is 10.6. The zero-order chi connectivity index (χ0) is 15.8. The van der Waals surface area contributed by atoms with Gasteiger partial charge in [0.2, 0.25) is 0 Å². The molecule has 0 saturated heterocycles. The third kappa shape index (κ3) is 5.24. The lowest BCUT2D eigenvalue weighted by Crippen LogP contribution is -2.19. The molecular weight excluding hydrogens is 274 g/mol. The van der Waals surface area contributed by atoms with Crippen molar-refractivity contribution in [1.82, 2.24) is 0 Å². The molecule has 0 aromatic heterocycles. The Labute approximate surface area is 132 Å². The van der Waals surface area contributed by atoms with E-state index in [0.717, 1.165) is 30.0 Å². The van der Waals surface area contributed by atoms with Crippen LogP contribution in [0.5, 0.6) is 5.75 Å². The standard InChI is InChI=1S/C19H23NO2/c1-16(21)8-7-13-20(2)18-11-6-12-19(14-18)22-15-17-9-4-3-5-10-17/h3-6,9-12,14H,7-8,13,15H2,1-2H3. The maximum absolute atomic E-state index is 11.0. The van der Waals surface area contributed by atoms with E-state index >= 15 is 0 Å². The van der Waals surface area contributed by atoms with E-state index in [1.165, 1.54) is 0 Å². The number of Topliss-reactive ketones (excluding diaryl/α,β-unsaturated/α-hetero) is 1. The van der Waals surface area contributed by atoms with Crippen molar-refractivity contribution in [3.63, 3.8) is 0 Å². The minimum Gasteiger partial charge on any atom is -0.489 e. The minimum absolute atomic E-state index is 0.244. The van der Waals surface area contributed by atoms with Crippen LogP contribution in [0.15, 0.2) is 54.6 Å². The number of anilines is 1. The Bertz CT molecular complexity index is 595.